The average Bonchev–Trinajstić information content (AvgIpc) is 2.72. The van der Waals surface area contributed by atoms with Crippen molar-refractivity contribution in [2.75, 3.05) is 39.8 Å². The number of terminal acetylenes is 1. The SMILES string of the molecule is C#CC(CC)(CC)NC(=O)C[NH+]1CCN(S(=O)(=O)c2ccc(OC)cc2)CC1. The highest BCUT2D eigenvalue weighted by atomic mass is 32.2. The summed E-state index contributed by atoms with van der Waals surface area (Å²) in [6.07, 6.45) is 6.95. The minimum atomic E-state index is -3.54. The van der Waals surface area contributed by atoms with E-state index in [9.17, 15) is 13.2 Å². The lowest BCUT2D eigenvalue weighted by Crippen LogP contribution is -3.16. The van der Waals surface area contributed by atoms with E-state index in [1.165, 1.54) is 11.4 Å². The molecule has 1 amide bonds. The third-order valence-corrected chi connectivity index (χ3v) is 7.31. The Labute approximate surface area is 168 Å². The fourth-order valence-electron chi connectivity index (χ4n) is 3.32. The highest BCUT2D eigenvalue weighted by molar-refractivity contribution is 7.89. The second kappa shape index (κ2) is 9.41. The monoisotopic (exact) mass is 408 g/mol. The summed E-state index contributed by atoms with van der Waals surface area (Å²) in [6.45, 7) is 6.10. The second-order valence-electron chi connectivity index (χ2n) is 6.99. The van der Waals surface area contributed by atoms with Gasteiger partial charge in [0.05, 0.1) is 38.2 Å². The average molecular weight is 409 g/mol. The second-order valence-corrected chi connectivity index (χ2v) is 8.93. The molecule has 1 heterocycles. The quantitative estimate of drug-likeness (QED) is 0.589. The topological polar surface area (TPSA) is 80.2 Å². The third-order valence-electron chi connectivity index (χ3n) is 5.40. The number of ether oxygens (including phenoxy) is 1. The van der Waals surface area contributed by atoms with Crippen LogP contribution in [0.15, 0.2) is 29.2 Å². The Kier molecular flexibility index (Phi) is 7.47. The van der Waals surface area contributed by atoms with E-state index < -0.39 is 15.6 Å². The highest BCUT2D eigenvalue weighted by Gasteiger charge is 2.32. The highest BCUT2D eigenvalue weighted by Crippen LogP contribution is 2.19. The molecule has 7 nitrogen and oxygen atoms in total. The molecule has 1 aliphatic heterocycles. The van der Waals surface area contributed by atoms with Crippen LogP contribution in [0, 0.1) is 12.3 Å². The standard InChI is InChI=1S/C20H29N3O4S/c1-5-20(6-2,7-3)21-19(24)16-22-12-14-23(15-13-22)28(25,26)18-10-8-17(27-4)9-11-18/h1,8-11H,6-7,12-16H2,2-4H3,(H,21,24)/p+1. The van der Waals surface area contributed by atoms with Gasteiger partial charge in [0.2, 0.25) is 10.0 Å². The molecule has 1 aromatic rings. The number of amides is 1. The van der Waals surface area contributed by atoms with Crippen molar-refractivity contribution in [3.05, 3.63) is 24.3 Å². The molecule has 1 saturated heterocycles. The lowest BCUT2D eigenvalue weighted by Gasteiger charge is -2.32. The largest absolute Gasteiger partial charge is 0.497 e. The van der Waals surface area contributed by atoms with E-state index in [2.05, 4.69) is 11.2 Å². The molecule has 2 rings (SSSR count). The van der Waals surface area contributed by atoms with Gasteiger partial charge >= 0.3 is 0 Å². The predicted molar refractivity (Wildman–Crippen MR) is 108 cm³/mol. The van der Waals surface area contributed by atoms with Gasteiger partial charge < -0.3 is 15.0 Å². The van der Waals surface area contributed by atoms with Crippen molar-refractivity contribution in [1.29, 1.82) is 0 Å². The maximum absolute atomic E-state index is 12.8. The van der Waals surface area contributed by atoms with Gasteiger partial charge in [-0.2, -0.15) is 4.31 Å². The first kappa shape index (κ1) is 22.2. The van der Waals surface area contributed by atoms with Crippen molar-refractivity contribution in [2.24, 2.45) is 0 Å². The van der Waals surface area contributed by atoms with Gasteiger partial charge in [0.25, 0.3) is 5.91 Å². The number of carbonyl (C=O) groups is 1. The van der Waals surface area contributed by atoms with Crippen molar-refractivity contribution in [2.45, 2.75) is 37.1 Å². The lowest BCUT2D eigenvalue weighted by atomic mass is 9.94. The fourth-order valence-corrected chi connectivity index (χ4v) is 4.76. The van der Waals surface area contributed by atoms with E-state index in [0.29, 0.717) is 51.3 Å². The molecule has 1 aliphatic rings. The number of benzene rings is 1. The minimum absolute atomic E-state index is 0.0943. The number of piperazine rings is 1. The molecule has 0 spiro atoms. The maximum atomic E-state index is 12.8. The van der Waals surface area contributed by atoms with Gasteiger partial charge in [-0.25, -0.2) is 8.42 Å². The van der Waals surface area contributed by atoms with Crippen LogP contribution in [0.1, 0.15) is 26.7 Å². The van der Waals surface area contributed by atoms with Crippen LogP contribution in [-0.4, -0.2) is 64.0 Å². The van der Waals surface area contributed by atoms with Gasteiger partial charge in [-0.1, -0.05) is 19.8 Å². The van der Waals surface area contributed by atoms with Crippen LogP contribution < -0.4 is 15.0 Å². The zero-order chi connectivity index (χ0) is 20.8. The molecule has 28 heavy (non-hydrogen) atoms. The fraction of sp³-hybridized carbons (Fsp3) is 0.550. The number of sulfonamides is 1. The molecule has 154 valence electrons. The number of quaternary nitrogens is 1. The Bertz CT molecular complexity index is 803. The van der Waals surface area contributed by atoms with Crippen LogP contribution in [-0.2, 0) is 14.8 Å². The molecule has 0 unspecified atom stereocenters. The molecule has 0 aromatic heterocycles. The summed E-state index contributed by atoms with van der Waals surface area (Å²) in [7, 11) is -2.00. The molecule has 8 heteroatoms. The molecule has 0 radical (unpaired) electrons. The Balaban J connectivity index is 1.93. The smallest absolute Gasteiger partial charge is 0.276 e. The number of carbonyl (C=O) groups excluding carboxylic acids is 1. The summed E-state index contributed by atoms with van der Waals surface area (Å²) in [4.78, 5) is 13.7. The summed E-state index contributed by atoms with van der Waals surface area (Å²) < 4.78 is 32.1. The molecular weight excluding hydrogens is 378 g/mol. The minimum Gasteiger partial charge on any atom is -0.497 e. The van der Waals surface area contributed by atoms with E-state index in [4.69, 9.17) is 11.2 Å². The molecule has 2 N–H and O–H groups in total. The summed E-state index contributed by atoms with van der Waals surface area (Å²) in [5.41, 5.74) is -0.601. The maximum Gasteiger partial charge on any atom is 0.276 e. The zero-order valence-corrected chi connectivity index (χ0v) is 17.6. The predicted octanol–water partition coefficient (Wildman–Crippen LogP) is -0.107. The van der Waals surface area contributed by atoms with Crippen LogP contribution in [0.2, 0.25) is 0 Å². The number of hydrogen-bond donors (Lipinski definition) is 2. The summed E-state index contributed by atoms with van der Waals surface area (Å²) >= 11 is 0. The Morgan fingerprint density at radius 1 is 1.25 bits per heavy atom. The third kappa shape index (κ3) is 5.04. The van der Waals surface area contributed by atoms with E-state index in [1.807, 2.05) is 13.8 Å². The van der Waals surface area contributed by atoms with Crippen molar-refractivity contribution < 1.29 is 22.8 Å². The van der Waals surface area contributed by atoms with Crippen LogP contribution in [0.3, 0.4) is 0 Å². The molecule has 0 aliphatic carbocycles. The summed E-state index contributed by atoms with van der Waals surface area (Å²) in [5.74, 6) is 3.22. The molecular formula is C20H30N3O4S+. The zero-order valence-electron chi connectivity index (χ0n) is 16.8. The van der Waals surface area contributed by atoms with Crippen LogP contribution >= 0.6 is 0 Å². The van der Waals surface area contributed by atoms with Crippen LogP contribution in [0.5, 0.6) is 5.75 Å². The molecule has 1 aromatic carbocycles. The van der Waals surface area contributed by atoms with E-state index >= 15 is 0 Å². The van der Waals surface area contributed by atoms with Gasteiger partial charge in [-0.15, -0.1) is 6.42 Å². The number of rotatable bonds is 8. The van der Waals surface area contributed by atoms with Crippen LogP contribution in [0.4, 0.5) is 0 Å². The molecule has 0 atom stereocenters. The first-order chi connectivity index (χ1) is 13.3. The Hall–Kier alpha value is -2.08. The van der Waals surface area contributed by atoms with E-state index in [0.717, 1.165) is 4.90 Å². The van der Waals surface area contributed by atoms with Crippen molar-refractivity contribution >= 4 is 15.9 Å². The number of nitrogens with zero attached hydrogens (tertiary/aromatic N) is 1. The Morgan fingerprint density at radius 2 is 1.82 bits per heavy atom. The number of methoxy groups -OCH3 is 1. The summed E-state index contributed by atoms with van der Waals surface area (Å²) in [6, 6.07) is 6.38. The number of hydrogen-bond acceptors (Lipinski definition) is 4. The number of nitrogens with one attached hydrogen (secondary N) is 2. The van der Waals surface area contributed by atoms with E-state index in [-0.39, 0.29) is 10.8 Å². The van der Waals surface area contributed by atoms with Crippen molar-refractivity contribution in [3.63, 3.8) is 0 Å². The first-order valence-electron chi connectivity index (χ1n) is 9.56. The summed E-state index contributed by atoms with van der Waals surface area (Å²) in [5, 5.41) is 2.97. The van der Waals surface area contributed by atoms with Gasteiger partial charge in [0.15, 0.2) is 6.54 Å². The van der Waals surface area contributed by atoms with Crippen molar-refractivity contribution in [1.82, 2.24) is 9.62 Å². The molecule has 0 bridgehead atoms. The van der Waals surface area contributed by atoms with E-state index in [1.54, 1.807) is 24.3 Å². The van der Waals surface area contributed by atoms with Gasteiger partial charge in [-0.05, 0) is 37.1 Å². The van der Waals surface area contributed by atoms with Gasteiger partial charge in [-0.3, -0.25) is 4.79 Å². The van der Waals surface area contributed by atoms with Gasteiger partial charge in [0, 0.05) is 0 Å². The Morgan fingerprint density at radius 3 is 2.29 bits per heavy atom. The van der Waals surface area contributed by atoms with Crippen molar-refractivity contribution in [3.8, 4) is 18.1 Å². The molecule has 0 saturated carbocycles. The van der Waals surface area contributed by atoms with Crippen LogP contribution in [0.25, 0.3) is 0 Å². The normalized spacial score (nSPS) is 16.4. The van der Waals surface area contributed by atoms with Gasteiger partial charge in [0.1, 0.15) is 11.3 Å². The first-order valence-corrected chi connectivity index (χ1v) is 11.0. The lowest BCUT2D eigenvalue weighted by molar-refractivity contribution is -0.895. The molecule has 1 fully saturated rings.